The molecule has 0 aliphatic heterocycles. The SMILES string of the molecule is CN(CCBr)C(=O)c1ccc(Cl)cc1Cl. The highest BCUT2D eigenvalue weighted by Gasteiger charge is 2.14. The number of nitrogens with zero attached hydrogens (tertiary/aromatic N) is 1. The van der Waals surface area contributed by atoms with Gasteiger partial charge >= 0.3 is 0 Å². The zero-order chi connectivity index (χ0) is 11.4. The van der Waals surface area contributed by atoms with Gasteiger partial charge in [0.2, 0.25) is 0 Å². The van der Waals surface area contributed by atoms with E-state index in [1.807, 2.05) is 0 Å². The molecule has 0 spiro atoms. The second kappa shape index (κ2) is 5.73. The zero-order valence-electron chi connectivity index (χ0n) is 8.14. The van der Waals surface area contributed by atoms with E-state index < -0.39 is 0 Å². The van der Waals surface area contributed by atoms with Crippen molar-refractivity contribution in [3.63, 3.8) is 0 Å². The van der Waals surface area contributed by atoms with Gasteiger partial charge in [0.05, 0.1) is 10.6 Å². The Morgan fingerprint density at radius 1 is 1.47 bits per heavy atom. The average Bonchev–Trinajstić information content (AvgIpc) is 2.17. The lowest BCUT2D eigenvalue weighted by Gasteiger charge is -2.16. The van der Waals surface area contributed by atoms with E-state index in [4.69, 9.17) is 23.2 Å². The molecular weight excluding hydrogens is 301 g/mol. The van der Waals surface area contributed by atoms with Gasteiger partial charge in [-0.1, -0.05) is 39.1 Å². The van der Waals surface area contributed by atoms with Crippen LogP contribution in [-0.4, -0.2) is 29.7 Å². The molecule has 1 rings (SSSR count). The molecule has 0 aliphatic rings. The summed E-state index contributed by atoms with van der Waals surface area (Å²) in [6.07, 6.45) is 0. The van der Waals surface area contributed by atoms with Crippen LogP contribution in [0, 0.1) is 0 Å². The quantitative estimate of drug-likeness (QED) is 0.783. The molecule has 15 heavy (non-hydrogen) atoms. The van der Waals surface area contributed by atoms with Crippen LogP contribution in [0.5, 0.6) is 0 Å². The van der Waals surface area contributed by atoms with Crippen LogP contribution >= 0.6 is 39.1 Å². The topological polar surface area (TPSA) is 20.3 Å². The van der Waals surface area contributed by atoms with E-state index in [1.165, 1.54) is 0 Å². The maximum atomic E-state index is 11.8. The number of benzene rings is 1. The number of halogens is 3. The van der Waals surface area contributed by atoms with Crippen LogP contribution in [0.15, 0.2) is 18.2 Å². The Kier molecular flexibility index (Phi) is 4.90. The fourth-order valence-electron chi connectivity index (χ4n) is 1.10. The Hall–Kier alpha value is -0.250. The summed E-state index contributed by atoms with van der Waals surface area (Å²) in [5, 5.41) is 1.65. The molecule has 0 bridgehead atoms. The number of alkyl halides is 1. The van der Waals surface area contributed by atoms with Crippen molar-refractivity contribution >= 4 is 45.0 Å². The van der Waals surface area contributed by atoms with E-state index in [0.29, 0.717) is 22.2 Å². The van der Waals surface area contributed by atoms with Crippen molar-refractivity contribution in [1.82, 2.24) is 4.90 Å². The molecule has 1 aromatic carbocycles. The Balaban J connectivity index is 2.91. The molecule has 0 radical (unpaired) electrons. The summed E-state index contributed by atoms with van der Waals surface area (Å²) in [5.41, 5.74) is 0.476. The summed E-state index contributed by atoms with van der Waals surface area (Å²) in [4.78, 5) is 13.4. The lowest BCUT2D eigenvalue weighted by molar-refractivity contribution is 0.0804. The van der Waals surface area contributed by atoms with Gasteiger partial charge in [0.25, 0.3) is 5.91 Å². The largest absolute Gasteiger partial charge is 0.341 e. The van der Waals surface area contributed by atoms with Crippen molar-refractivity contribution in [2.75, 3.05) is 18.9 Å². The average molecular weight is 311 g/mol. The molecule has 0 saturated heterocycles. The number of rotatable bonds is 3. The third kappa shape index (κ3) is 3.37. The van der Waals surface area contributed by atoms with E-state index in [9.17, 15) is 4.79 Å². The molecule has 0 saturated carbocycles. The maximum Gasteiger partial charge on any atom is 0.255 e. The third-order valence-corrected chi connectivity index (χ3v) is 2.83. The minimum Gasteiger partial charge on any atom is -0.341 e. The van der Waals surface area contributed by atoms with E-state index in [2.05, 4.69) is 15.9 Å². The summed E-state index contributed by atoms with van der Waals surface area (Å²) in [5.74, 6) is -0.101. The highest BCUT2D eigenvalue weighted by Crippen LogP contribution is 2.21. The fraction of sp³-hybridized carbons (Fsp3) is 0.300. The van der Waals surface area contributed by atoms with Gasteiger partial charge in [-0.2, -0.15) is 0 Å². The van der Waals surface area contributed by atoms with Crippen molar-refractivity contribution in [1.29, 1.82) is 0 Å². The highest BCUT2D eigenvalue weighted by molar-refractivity contribution is 9.09. The van der Waals surface area contributed by atoms with Crippen molar-refractivity contribution in [2.45, 2.75) is 0 Å². The molecule has 2 nitrogen and oxygen atoms in total. The number of amides is 1. The van der Waals surface area contributed by atoms with Crippen LogP contribution in [0.1, 0.15) is 10.4 Å². The molecule has 1 amide bonds. The second-order valence-corrected chi connectivity index (χ2v) is 4.68. The van der Waals surface area contributed by atoms with Crippen molar-refractivity contribution in [2.24, 2.45) is 0 Å². The van der Waals surface area contributed by atoms with Gasteiger partial charge in [-0.05, 0) is 18.2 Å². The smallest absolute Gasteiger partial charge is 0.255 e. The Labute approximate surface area is 107 Å². The molecule has 82 valence electrons. The monoisotopic (exact) mass is 309 g/mol. The van der Waals surface area contributed by atoms with E-state index in [-0.39, 0.29) is 5.91 Å². The number of hydrogen-bond acceptors (Lipinski definition) is 1. The van der Waals surface area contributed by atoms with Gasteiger partial charge in [-0.15, -0.1) is 0 Å². The van der Waals surface area contributed by atoms with Gasteiger partial charge < -0.3 is 4.90 Å². The van der Waals surface area contributed by atoms with Gasteiger partial charge in [-0.3, -0.25) is 4.79 Å². The normalized spacial score (nSPS) is 10.1. The van der Waals surface area contributed by atoms with Crippen molar-refractivity contribution in [3.8, 4) is 0 Å². The lowest BCUT2D eigenvalue weighted by Crippen LogP contribution is -2.28. The first-order valence-electron chi connectivity index (χ1n) is 4.32. The molecule has 1 aromatic rings. The van der Waals surface area contributed by atoms with Crippen molar-refractivity contribution < 1.29 is 4.79 Å². The van der Waals surface area contributed by atoms with Crippen molar-refractivity contribution in [3.05, 3.63) is 33.8 Å². The van der Waals surface area contributed by atoms with Crippen LogP contribution in [0.4, 0.5) is 0 Å². The fourth-order valence-corrected chi connectivity index (χ4v) is 2.12. The minimum absolute atomic E-state index is 0.101. The van der Waals surface area contributed by atoms with E-state index in [0.717, 1.165) is 5.33 Å². The van der Waals surface area contributed by atoms with Crippen LogP contribution in [0.2, 0.25) is 10.0 Å². The lowest BCUT2D eigenvalue weighted by atomic mass is 10.2. The Bertz CT molecular complexity index is 370. The molecule has 0 aromatic heterocycles. The predicted octanol–water partition coefficient (Wildman–Crippen LogP) is 3.46. The first-order chi connectivity index (χ1) is 7.06. The molecule has 0 fully saturated rings. The van der Waals surface area contributed by atoms with Gasteiger partial charge in [-0.25, -0.2) is 0 Å². The van der Waals surface area contributed by atoms with Crippen LogP contribution in [-0.2, 0) is 0 Å². The molecular formula is C10H10BrCl2NO. The molecule has 0 heterocycles. The third-order valence-electron chi connectivity index (χ3n) is 1.93. The van der Waals surface area contributed by atoms with E-state index >= 15 is 0 Å². The number of hydrogen-bond donors (Lipinski definition) is 0. The first kappa shape index (κ1) is 12.8. The molecule has 0 aliphatic carbocycles. The number of carbonyl (C=O) groups excluding carboxylic acids is 1. The molecule has 0 N–H and O–H groups in total. The first-order valence-corrected chi connectivity index (χ1v) is 6.20. The molecule has 5 heteroatoms. The summed E-state index contributed by atoms with van der Waals surface area (Å²) >= 11 is 14.9. The van der Waals surface area contributed by atoms with Gasteiger partial charge in [0.15, 0.2) is 0 Å². The Morgan fingerprint density at radius 2 is 2.13 bits per heavy atom. The minimum atomic E-state index is -0.101. The van der Waals surface area contributed by atoms with Crippen LogP contribution in [0.3, 0.4) is 0 Å². The predicted molar refractivity (Wildman–Crippen MR) is 67.2 cm³/mol. The van der Waals surface area contributed by atoms with Gasteiger partial charge in [0.1, 0.15) is 0 Å². The Morgan fingerprint density at radius 3 is 2.67 bits per heavy atom. The van der Waals surface area contributed by atoms with E-state index in [1.54, 1.807) is 30.1 Å². The second-order valence-electron chi connectivity index (χ2n) is 3.04. The van der Waals surface area contributed by atoms with Gasteiger partial charge in [0, 0.05) is 23.9 Å². The highest BCUT2D eigenvalue weighted by atomic mass is 79.9. The maximum absolute atomic E-state index is 11.8. The summed E-state index contributed by atoms with van der Waals surface area (Å²) in [7, 11) is 1.73. The zero-order valence-corrected chi connectivity index (χ0v) is 11.2. The summed E-state index contributed by atoms with van der Waals surface area (Å²) < 4.78 is 0. The van der Waals surface area contributed by atoms with Crippen LogP contribution < -0.4 is 0 Å². The number of carbonyl (C=O) groups is 1. The summed E-state index contributed by atoms with van der Waals surface area (Å²) in [6, 6.07) is 4.86. The summed E-state index contributed by atoms with van der Waals surface area (Å²) in [6.45, 7) is 0.637. The standard InChI is InChI=1S/C10H10BrCl2NO/c1-14(5-4-11)10(15)8-3-2-7(12)6-9(8)13/h2-3,6H,4-5H2,1H3. The van der Waals surface area contributed by atoms with Crippen LogP contribution in [0.25, 0.3) is 0 Å². The molecule has 0 atom stereocenters. The molecule has 0 unspecified atom stereocenters.